The topological polar surface area (TPSA) is 96.7 Å². The fraction of sp³-hybridized carbons (Fsp3) is 0.333. The molecule has 0 saturated carbocycles. The zero-order valence-electron chi connectivity index (χ0n) is 10.9. The largest absolute Gasteiger partial charge is 0.364 e. The van der Waals surface area contributed by atoms with Gasteiger partial charge in [-0.1, -0.05) is 11.6 Å². The third-order valence-electron chi connectivity index (χ3n) is 2.89. The lowest BCUT2D eigenvalue weighted by Crippen LogP contribution is -2.07. The Morgan fingerprint density at radius 2 is 2.30 bits per heavy atom. The Kier molecular flexibility index (Phi) is 4.52. The molecule has 0 spiro atoms. The minimum absolute atomic E-state index is 0.0751. The second kappa shape index (κ2) is 6.33. The Morgan fingerprint density at radius 1 is 1.50 bits per heavy atom. The molecule has 2 aromatic rings. The standard InChI is InChI=1S/C12H14ClN5O2/c1-8-9(7-15-17-8)3-2-6-14-12-10(18(19)20)4-5-11(13)16-12/h4-5,7H,2-3,6H2,1H3,(H,14,16)(H,15,17). The number of halogens is 1. The van der Waals surface area contributed by atoms with Crippen LogP contribution in [0.25, 0.3) is 0 Å². The van der Waals surface area contributed by atoms with Gasteiger partial charge in [0.25, 0.3) is 0 Å². The molecule has 2 aromatic heterocycles. The van der Waals surface area contributed by atoms with E-state index in [1.807, 2.05) is 6.92 Å². The number of pyridine rings is 1. The highest BCUT2D eigenvalue weighted by Crippen LogP contribution is 2.23. The van der Waals surface area contributed by atoms with Crippen LogP contribution in [0.2, 0.25) is 5.15 Å². The van der Waals surface area contributed by atoms with Crippen molar-refractivity contribution in [3.8, 4) is 0 Å². The second-order valence-electron chi connectivity index (χ2n) is 4.31. The Morgan fingerprint density at radius 3 is 2.95 bits per heavy atom. The summed E-state index contributed by atoms with van der Waals surface area (Å²) in [5.41, 5.74) is 2.10. The third-order valence-corrected chi connectivity index (χ3v) is 3.10. The van der Waals surface area contributed by atoms with Crippen LogP contribution in [0, 0.1) is 17.0 Å². The van der Waals surface area contributed by atoms with Crippen LogP contribution in [0.1, 0.15) is 17.7 Å². The average molecular weight is 296 g/mol. The van der Waals surface area contributed by atoms with E-state index in [1.165, 1.54) is 12.1 Å². The Bertz CT molecular complexity index is 614. The van der Waals surface area contributed by atoms with Gasteiger partial charge in [-0.3, -0.25) is 15.2 Å². The molecule has 2 rings (SSSR count). The van der Waals surface area contributed by atoms with Crippen molar-refractivity contribution in [2.45, 2.75) is 19.8 Å². The maximum absolute atomic E-state index is 10.9. The van der Waals surface area contributed by atoms with Crippen LogP contribution in [-0.4, -0.2) is 26.6 Å². The van der Waals surface area contributed by atoms with Crippen molar-refractivity contribution in [2.75, 3.05) is 11.9 Å². The summed E-state index contributed by atoms with van der Waals surface area (Å²) in [5, 5.41) is 20.9. The molecule has 0 atom stereocenters. The Labute approximate surface area is 120 Å². The number of nitro groups is 1. The number of aromatic nitrogens is 3. The number of H-pyrrole nitrogens is 1. The second-order valence-corrected chi connectivity index (χ2v) is 4.70. The van der Waals surface area contributed by atoms with Gasteiger partial charge >= 0.3 is 5.69 Å². The summed E-state index contributed by atoms with van der Waals surface area (Å²) in [6.07, 6.45) is 3.44. The molecule has 0 unspecified atom stereocenters. The molecule has 8 heteroatoms. The molecule has 2 heterocycles. The van der Waals surface area contributed by atoms with E-state index >= 15 is 0 Å². The van der Waals surface area contributed by atoms with Gasteiger partial charge in [-0.2, -0.15) is 5.10 Å². The van der Waals surface area contributed by atoms with Crippen molar-refractivity contribution in [3.05, 3.63) is 44.9 Å². The molecular formula is C12H14ClN5O2. The number of hydrogen-bond acceptors (Lipinski definition) is 5. The van der Waals surface area contributed by atoms with E-state index in [0.29, 0.717) is 6.54 Å². The smallest absolute Gasteiger partial charge is 0.311 e. The number of anilines is 1. The molecule has 106 valence electrons. The normalized spacial score (nSPS) is 10.5. The van der Waals surface area contributed by atoms with Gasteiger partial charge in [0.2, 0.25) is 5.82 Å². The van der Waals surface area contributed by atoms with Crippen molar-refractivity contribution < 1.29 is 4.92 Å². The molecule has 0 bridgehead atoms. The van der Waals surface area contributed by atoms with Crippen LogP contribution < -0.4 is 5.32 Å². The highest BCUT2D eigenvalue weighted by Gasteiger charge is 2.15. The zero-order chi connectivity index (χ0) is 14.5. The van der Waals surface area contributed by atoms with E-state index < -0.39 is 4.92 Å². The molecule has 0 aromatic carbocycles. The van der Waals surface area contributed by atoms with Crippen LogP contribution in [0.3, 0.4) is 0 Å². The predicted octanol–water partition coefficient (Wildman–Crippen LogP) is 2.72. The van der Waals surface area contributed by atoms with Crippen LogP contribution in [0.5, 0.6) is 0 Å². The summed E-state index contributed by atoms with van der Waals surface area (Å²) in [6.45, 7) is 2.53. The summed E-state index contributed by atoms with van der Waals surface area (Å²) >= 11 is 5.75. The van der Waals surface area contributed by atoms with Gasteiger partial charge in [0, 0.05) is 18.3 Å². The zero-order valence-corrected chi connectivity index (χ0v) is 11.6. The van der Waals surface area contributed by atoms with Crippen LogP contribution in [0.15, 0.2) is 18.3 Å². The maximum Gasteiger partial charge on any atom is 0.311 e. The number of aryl methyl sites for hydroxylation is 2. The van der Waals surface area contributed by atoms with Gasteiger partial charge in [0.15, 0.2) is 0 Å². The number of rotatable bonds is 6. The number of nitrogens with one attached hydrogen (secondary N) is 2. The fourth-order valence-electron chi connectivity index (χ4n) is 1.82. The van der Waals surface area contributed by atoms with Gasteiger partial charge in [-0.15, -0.1) is 0 Å². The Hall–Kier alpha value is -2.15. The fourth-order valence-corrected chi connectivity index (χ4v) is 1.97. The first-order valence-electron chi connectivity index (χ1n) is 6.11. The maximum atomic E-state index is 10.9. The first kappa shape index (κ1) is 14.3. The summed E-state index contributed by atoms with van der Waals surface area (Å²) in [6, 6.07) is 2.75. The first-order chi connectivity index (χ1) is 9.58. The number of aromatic amines is 1. The molecule has 0 fully saturated rings. The first-order valence-corrected chi connectivity index (χ1v) is 6.49. The van der Waals surface area contributed by atoms with E-state index in [4.69, 9.17) is 11.6 Å². The highest BCUT2D eigenvalue weighted by atomic mass is 35.5. The summed E-state index contributed by atoms with van der Waals surface area (Å²) in [7, 11) is 0. The van der Waals surface area contributed by atoms with E-state index in [9.17, 15) is 10.1 Å². The quantitative estimate of drug-likeness (QED) is 0.369. The summed E-state index contributed by atoms with van der Waals surface area (Å²) in [5.74, 6) is 0.200. The highest BCUT2D eigenvalue weighted by molar-refractivity contribution is 6.29. The minimum atomic E-state index is -0.480. The molecule has 0 saturated heterocycles. The van der Waals surface area contributed by atoms with Gasteiger partial charge in [0.1, 0.15) is 5.15 Å². The third kappa shape index (κ3) is 3.45. The van der Waals surface area contributed by atoms with E-state index in [0.717, 1.165) is 24.1 Å². The minimum Gasteiger partial charge on any atom is -0.364 e. The lowest BCUT2D eigenvalue weighted by atomic mass is 10.1. The van der Waals surface area contributed by atoms with E-state index in [-0.39, 0.29) is 16.7 Å². The van der Waals surface area contributed by atoms with Crippen LogP contribution >= 0.6 is 11.6 Å². The van der Waals surface area contributed by atoms with Gasteiger partial charge in [-0.25, -0.2) is 4.98 Å². The van der Waals surface area contributed by atoms with Gasteiger partial charge < -0.3 is 5.32 Å². The van der Waals surface area contributed by atoms with Crippen molar-refractivity contribution in [3.63, 3.8) is 0 Å². The monoisotopic (exact) mass is 295 g/mol. The van der Waals surface area contributed by atoms with Crippen molar-refractivity contribution >= 4 is 23.1 Å². The molecule has 2 N–H and O–H groups in total. The summed E-state index contributed by atoms with van der Waals surface area (Å²) in [4.78, 5) is 14.3. The SMILES string of the molecule is Cc1[nH]ncc1CCCNc1nc(Cl)ccc1[N+](=O)[O-]. The van der Waals surface area contributed by atoms with Crippen molar-refractivity contribution in [2.24, 2.45) is 0 Å². The molecule has 0 aliphatic carbocycles. The Balaban J connectivity index is 1.92. The average Bonchev–Trinajstić information content (AvgIpc) is 2.80. The van der Waals surface area contributed by atoms with Gasteiger partial charge in [-0.05, 0) is 31.4 Å². The number of nitrogens with zero attached hydrogens (tertiary/aromatic N) is 3. The summed E-state index contributed by atoms with van der Waals surface area (Å²) < 4.78 is 0. The molecule has 0 amide bonds. The molecule has 20 heavy (non-hydrogen) atoms. The van der Waals surface area contributed by atoms with E-state index in [1.54, 1.807) is 6.20 Å². The van der Waals surface area contributed by atoms with Crippen LogP contribution in [0.4, 0.5) is 11.5 Å². The van der Waals surface area contributed by atoms with Crippen molar-refractivity contribution in [1.82, 2.24) is 15.2 Å². The van der Waals surface area contributed by atoms with Gasteiger partial charge in [0.05, 0.1) is 11.1 Å². The molecular weight excluding hydrogens is 282 g/mol. The lowest BCUT2D eigenvalue weighted by Gasteiger charge is -2.06. The molecule has 7 nitrogen and oxygen atoms in total. The van der Waals surface area contributed by atoms with Crippen LogP contribution in [-0.2, 0) is 6.42 Å². The van der Waals surface area contributed by atoms with Crippen molar-refractivity contribution in [1.29, 1.82) is 0 Å². The molecule has 0 aliphatic heterocycles. The molecule has 0 aliphatic rings. The van der Waals surface area contributed by atoms with E-state index in [2.05, 4.69) is 20.5 Å². The molecule has 0 radical (unpaired) electrons. The lowest BCUT2D eigenvalue weighted by molar-refractivity contribution is -0.384. The predicted molar refractivity (Wildman–Crippen MR) is 76.0 cm³/mol. The number of hydrogen-bond donors (Lipinski definition) is 2.